The molecule has 2 aliphatic heterocycles. The van der Waals surface area contributed by atoms with E-state index in [0.29, 0.717) is 18.8 Å². The van der Waals surface area contributed by atoms with E-state index >= 15 is 0 Å². The first-order chi connectivity index (χ1) is 19.2. The maximum absolute atomic E-state index is 13.1. The number of ketones is 1. The standard InChI is InChI=1S/C30H41N3O7/c1-20(2)14-16-25(35)31-18-9-7-5-3-4-6-8-11-21(34)19-40-24-13-10-12-22-27(24)30(39)33(29(22)38)23-15-17-26(36)32-28(23)37/h10,12-13,20,23H,3-9,11,14-19H2,1-2H3,(H,31,35)(H,32,36,37). The van der Waals surface area contributed by atoms with Crippen molar-refractivity contribution in [1.29, 1.82) is 0 Å². The molecule has 1 fully saturated rings. The van der Waals surface area contributed by atoms with Gasteiger partial charge in [-0.3, -0.25) is 39.0 Å². The van der Waals surface area contributed by atoms with Crippen molar-refractivity contribution in [2.24, 2.45) is 5.92 Å². The Balaban J connectivity index is 1.32. The van der Waals surface area contributed by atoms with E-state index in [9.17, 15) is 28.8 Å². The average molecular weight is 556 g/mol. The van der Waals surface area contributed by atoms with Gasteiger partial charge in [-0.05, 0) is 43.7 Å². The summed E-state index contributed by atoms with van der Waals surface area (Å²) in [5, 5.41) is 5.14. The Morgan fingerprint density at radius 1 is 0.975 bits per heavy atom. The lowest BCUT2D eigenvalue weighted by molar-refractivity contribution is -0.136. The van der Waals surface area contributed by atoms with Crippen molar-refractivity contribution in [3.8, 4) is 5.75 Å². The number of nitrogens with zero attached hydrogens (tertiary/aromatic N) is 1. The summed E-state index contributed by atoms with van der Waals surface area (Å²) in [5.41, 5.74) is 0.160. The number of carbonyl (C=O) groups excluding carboxylic acids is 6. The fourth-order valence-electron chi connectivity index (χ4n) is 4.90. The largest absolute Gasteiger partial charge is 0.485 e. The number of benzene rings is 1. The molecule has 0 bridgehead atoms. The number of Topliss-reactive ketones (excluding diaryl/α,β-unsaturated/α-hetero) is 1. The van der Waals surface area contributed by atoms with Gasteiger partial charge in [0.1, 0.15) is 18.4 Å². The van der Waals surface area contributed by atoms with Crippen molar-refractivity contribution in [2.75, 3.05) is 13.2 Å². The molecule has 5 amide bonds. The van der Waals surface area contributed by atoms with Crippen molar-refractivity contribution in [1.82, 2.24) is 15.5 Å². The highest BCUT2D eigenvalue weighted by atomic mass is 16.5. The van der Waals surface area contributed by atoms with E-state index in [2.05, 4.69) is 24.5 Å². The summed E-state index contributed by atoms with van der Waals surface area (Å²) in [4.78, 5) is 74.7. The molecular weight excluding hydrogens is 514 g/mol. The van der Waals surface area contributed by atoms with Gasteiger partial charge in [0.25, 0.3) is 11.8 Å². The van der Waals surface area contributed by atoms with E-state index in [1.165, 1.54) is 12.1 Å². The van der Waals surface area contributed by atoms with Crippen LogP contribution in [0.15, 0.2) is 18.2 Å². The minimum Gasteiger partial charge on any atom is -0.485 e. The smallest absolute Gasteiger partial charge is 0.266 e. The zero-order valence-corrected chi connectivity index (χ0v) is 23.6. The number of rotatable bonds is 17. The lowest BCUT2D eigenvalue weighted by atomic mass is 10.0. The van der Waals surface area contributed by atoms with Gasteiger partial charge in [0.15, 0.2) is 5.78 Å². The molecule has 3 rings (SSSR count). The van der Waals surface area contributed by atoms with Crippen LogP contribution in [-0.4, -0.2) is 59.4 Å². The van der Waals surface area contributed by atoms with Crippen molar-refractivity contribution in [2.45, 2.75) is 96.9 Å². The number of hydrogen-bond donors (Lipinski definition) is 2. The number of hydrogen-bond acceptors (Lipinski definition) is 7. The Morgan fingerprint density at radius 3 is 2.38 bits per heavy atom. The fraction of sp³-hybridized carbons (Fsp3) is 0.600. The van der Waals surface area contributed by atoms with E-state index in [-0.39, 0.29) is 48.0 Å². The minimum absolute atomic E-state index is 0.0417. The number of piperidine rings is 1. The number of unbranched alkanes of at least 4 members (excludes halogenated alkanes) is 6. The first-order valence-electron chi connectivity index (χ1n) is 14.4. The molecule has 10 nitrogen and oxygen atoms in total. The van der Waals surface area contributed by atoms with Gasteiger partial charge in [-0.2, -0.15) is 0 Å². The van der Waals surface area contributed by atoms with Crippen LogP contribution in [0, 0.1) is 5.92 Å². The number of amides is 5. The van der Waals surface area contributed by atoms with Crippen molar-refractivity contribution in [3.05, 3.63) is 29.3 Å². The van der Waals surface area contributed by atoms with Gasteiger partial charge in [-0.1, -0.05) is 52.0 Å². The molecule has 10 heteroatoms. The maximum Gasteiger partial charge on any atom is 0.266 e. The molecule has 2 N–H and O–H groups in total. The normalized spacial score (nSPS) is 16.8. The highest BCUT2D eigenvalue weighted by Gasteiger charge is 2.46. The summed E-state index contributed by atoms with van der Waals surface area (Å²) in [5.74, 6) is -1.67. The van der Waals surface area contributed by atoms with E-state index in [1.807, 2.05) is 0 Å². The number of fused-ring (bicyclic) bond motifs is 1. The number of carbonyl (C=O) groups is 6. The Bertz CT molecular complexity index is 1110. The lowest BCUT2D eigenvalue weighted by Crippen LogP contribution is -2.54. The molecule has 0 radical (unpaired) electrons. The third kappa shape index (κ3) is 8.72. The van der Waals surface area contributed by atoms with Crippen LogP contribution >= 0.6 is 0 Å². The van der Waals surface area contributed by atoms with Crippen LogP contribution < -0.4 is 15.4 Å². The first-order valence-corrected chi connectivity index (χ1v) is 14.4. The zero-order chi connectivity index (χ0) is 29.1. The molecule has 0 aliphatic carbocycles. The predicted molar refractivity (Wildman–Crippen MR) is 148 cm³/mol. The monoisotopic (exact) mass is 555 g/mol. The Labute approximate surface area is 235 Å². The molecule has 1 atom stereocenters. The number of nitrogens with one attached hydrogen (secondary N) is 2. The summed E-state index contributed by atoms with van der Waals surface area (Å²) in [6.45, 7) is 4.74. The van der Waals surface area contributed by atoms with Gasteiger partial charge in [0.05, 0.1) is 11.1 Å². The van der Waals surface area contributed by atoms with E-state index in [0.717, 1.165) is 62.8 Å². The topological polar surface area (TPSA) is 139 Å². The summed E-state index contributed by atoms with van der Waals surface area (Å²) in [6.07, 6.45) is 8.95. The van der Waals surface area contributed by atoms with Crippen LogP contribution in [0.25, 0.3) is 0 Å². The van der Waals surface area contributed by atoms with Crippen molar-refractivity contribution < 1.29 is 33.5 Å². The molecule has 0 spiro atoms. The van der Waals surface area contributed by atoms with Crippen molar-refractivity contribution >= 4 is 35.3 Å². The quantitative estimate of drug-likeness (QED) is 0.221. The first kappa shape index (κ1) is 31.0. The Kier molecular flexibility index (Phi) is 11.8. The highest BCUT2D eigenvalue weighted by molar-refractivity contribution is 6.24. The van der Waals surface area contributed by atoms with Crippen LogP contribution in [0.3, 0.4) is 0 Å². The van der Waals surface area contributed by atoms with Gasteiger partial charge in [-0.15, -0.1) is 0 Å². The van der Waals surface area contributed by atoms with Crippen LogP contribution in [-0.2, 0) is 19.2 Å². The van der Waals surface area contributed by atoms with Crippen LogP contribution in [0.2, 0.25) is 0 Å². The molecule has 1 saturated heterocycles. The zero-order valence-electron chi connectivity index (χ0n) is 23.6. The highest BCUT2D eigenvalue weighted by Crippen LogP contribution is 2.33. The fourth-order valence-corrected chi connectivity index (χ4v) is 4.90. The predicted octanol–water partition coefficient (Wildman–Crippen LogP) is 3.71. The Hall–Kier alpha value is -3.56. The molecule has 40 heavy (non-hydrogen) atoms. The van der Waals surface area contributed by atoms with Gasteiger partial charge in [0.2, 0.25) is 17.7 Å². The second-order valence-corrected chi connectivity index (χ2v) is 11.0. The van der Waals surface area contributed by atoms with E-state index in [4.69, 9.17) is 4.74 Å². The van der Waals surface area contributed by atoms with Gasteiger partial charge in [0, 0.05) is 25.8 Å². The van der Waals surface area contributed by atoms with Gasteiger partial charge < -0.3 is 10.1 Å². The number of imide groups is 2. The molecule has 218 valence electrons. The average Bonchev–Trinajstić information content (AvgIpc) is 3.17. The second-order valence-electron chi connectivity index (χ2n) is 11.0. The van der Waals surface area contributed by atoms with E-state index < -0.39 is 29.7 Å². The Morgan fingerprint density at radius 2 is 1.68 bits per heavy atom. The van der Waals surface area contributed by atoms with Crippen LogP contribution in [0.4, 0.5) is 0 Å². The molecule has 2 aliphatic rings. The van der Waals surface area contributed by atoms with Crippen LogP contribution in [0.1, 0.15) is 112 Å². The molecule has 0 aromatic heterocycles. The molecule has 1 aromatic carbocycles. The molecular formula is C30H41N3O7. The summed E-state index contributed by atoms with van der Waals surface area (Å²) in [7, 11) is 0. The third-order valence-corrected chi connectivity index (χ3v) is 7.22. The van der Waals surface area contributed by atoms with Gasteiger partial charge in [-0.25, -0.2) is 0 Å². The van der Waals surface area contributed by atoms with Gasteiger partial charge >= 0.3 is 0 Å². The minimum atomic E-state index is -1.06. The summed E-state index contributed by atoms with van der Waals surface area (Å²) < 4.78 is 5.65. The SMILES string of the molecule is CC(C)CCC(=O)NCCCCCCCCCC(=O)COc1cccc2c1C(=O)N(C1CCC(=O)NC1=O)C2=O. The summed E-state index contributed by atoms with van der Waals surface area (Å²) >= 11 is 0. The lowest BCUT2D eigenvalue weighted by Gasteiger charge is -2.27. The number of ether oxygens (including phenoxy) is 1. The molecule has 1 aromatic rings. The third-order valence-electron chi connectivity index (χ3n) is 7.22. The molecule has 2 heterocycles. The van der Waals surface area contributed by atoms with E-state index in [1.54, 1.807) is 6.07 Å². The molecule has 1 unspecified atom stereocenters. The maximum atomic E-state index is 13.1. The summed E-state index contributed by atoms with van der Waals surface area (Å²) in [6, 6.07) is 3.53. The second kappa shape index (κ2) is 15.3. The van der Waals surface area contributed by atoms with Crippen molar-refractivity contribution in [3.63, 3.8) is 0 Å². The van der Waals surface area contributed by atoms with Crippen LogP contribution in [0.5, 0.6) is 5.75 Å². The molecule has 0 saturated carbocycles.